The maximum Gasteiger partial charge on any atom is 0.251 e. The predicted molar refractivity (Wildman–Crippen MR) is 87.7 cm³/mol. The van der Waals surface area contributed by atoms with Crippen LogP contribution < -0.4 is 10.2 Å². The molecular weight excluding hydrogens is 260 g/mol. The van der Waals surface area contributed by atoms with Gasteiger partial charge in [-0.2, -0.15) is 0 Å². The maximum atomic E-state index is 12.4. The van der Waals surface area contributed by atoms with Gasteiger partial charge in [-0.25, -0.2) is 0 Å². The number of hydrogen-bond acceptors (Lipinski definition) is 2. The first-order valence-corrected chi connectivity index (χ1v) is 7.06. The molecule has 1 N–H and O–H groups in total. The fraction of sp³-hybridized carbons (Fsp3) is 0.278. The zero-order chi connectivity index (χ0) is 15.5. The molecule has 0 heterocycles. The van der Waals surface area contributed by atoms with Gasteiger partial charge >= 0.3 is 0 Å². The van der Waals surface area contributed by atoms with Gasteiger partial charge in [-0.15, -0.1) is 0 Å². The smallest absolute Gasteiger partial charge is 0.251 e. The number of amides is 1. The van der Waals surface area contributed by atoms with Crippen LogP contribution in [0.15, 0.2) is 54.6 Å². The van der Waals surface area contributed by atoms with Gasteiger partial charge in [0, 0.05) is 30.9 Å². The molecule has 1 amide bonds. The summed E-state index contributed by atoms with van der Waals surface area (Å²) in [4.78, 5) is 14.5. The fourth-order valence-corrected chi connectivity index (χ4v) is 2.40. The van der Waals surface area contributed by atoms with Gasteiger partial charge in [-0.05, 0) is 32.0 Å². The van der Waals surface area contributed by atoms with E-state index < -0.39 is 5.54 Å². The molecule has 0 fully saturated rings. The molecule has 0 aliphatic heterocycles. The number of anilines is 1. The third-order valence-electron chi connectivity index (χ3n) is 3.52. The summed E-state index contributed by atoms with van der Waals surface area (Å²) in [6, 6.07) is 17.4. The summed E-state index contributed by atoms with van der Waals surface area (Å²) in [5, 5.41) is 3.12. The Morgan fingerprint density at radius 1 is 0.952 bits per heavy atom. The summed E-state index contributed by atoms with van der Waals surface area (Å²) >= 11 is 0. The predicted octanol–water partition coefficient (Wildman–Crippen LogP) is 3.42. The van der Waals surface area contributed by atoms with Crippen LogP contribution in [0.5, 0.6) is 0 Å². The summed E-state index contributed by atoms with van der Waals surface area (Å²) in [6.07, 6.45) is 0. The van der Waals surface area contributed by atoms with Gasteiger partial charge in [0.2, 0.25) is 0 Å². The average Bonchev–Trinajstić information content (AvgIpc) is 2.47. The Hall–Kier alpha value is -2.29. The van der Waals surface area contributed by atoms with Gasteiger partial charge < -0.3 is 10.2 Å². The van der Waals surface area contributed by atoms with Crippen LogP contribution in [-0.2, 0) is 5.54 Å². The van der Waals surface area contributed by atoms with Crippen LogP contribution in [0.1, 0.15) is 29.8 Å². The molecule has 3 heteroatoms. The van der Waals surface area contributed by atoms with Crippen LogP contribution in [0.2, 0.25) is 0 Å². The molecule has 0 spiro atoms. The molecule has 0 saturated heterocycles. The monoisotopic (exact) mass is 282 g/mol. The second-order valence-electron chi connectivity index (χ2n) is 5.86. The van der Waals surface area contributed by atoms with E-state index in [1.165, 1.54) is 0 Å². The largest absolute Gasteiger partial charge is 0.377 e. The second-order valence-corrected chi connectivity index (χ2v) is 5.86. The number of hydrogen-bond donors (Lipinski definition) is 1. The number of rotatable bonds is 4. The topological polar surface area (TPSA) is 32.3 Å². The molecule has 3 nitrogen and oxygen atoms in total. The highest BCUT2D eigenvalue weighted by Gasteiger charge is 2.26. The fourth-order valence-electron chi connectivity index (χ4n) is 2.40. The van der Waals surface area contributed by atoms with E-state index in [1.807, 2.05) is 70.4 Å². The molecule has 0 aliphatic carbocycles. The van der Waals surface area contributed by atoms with E-state index in [0.717, 1.165) is 11.3 Å². The van der Waals surface area contributed by atoms with Crippen LogP contribution >= 0.6 is 0 Å². The second kappa shape index (κ2) is 6.00. The average molecular weight is 282 g/mol. The first-order valence-electron chi connectivity index (χ1n) is 7.06. The van der Waals surface area contributed by atoms with Crippen molar-refractivity contribution in [3.8, 4) is 0 Å². The molecule has 21 heavy (non-hydrogen) atoms. The number of nitrogens with one attached hydrogen (secondary N) is 1. The van der Waals surface area contributed by atoms with Crippen LogP contribution in [0.3, 0.4) is 0 Å². The van der Waals surface area contributed by atoms with Crippen LogP contribution in [0, 0.1) is 0 Å². The Kier molecular flexibility index (Phi) is 4.32. The number of nitrogens with zero attached hydrogens (tertiary/aromatic N) is 1. The van der Waals surface area contributed by atoms with E-state index in [1.54, 1.807) is 0 Å². The van der Waals surface area contributed by atoms with Crippen molar-refractivity contribution in [2.24, 2.45) is 0 Å². The van der Waals surface area contributed by atoms with Crippen LogP contribution in [-0.4, -0.2) is 20.0 Å². The molecule has 0 atom stereocenters. The SMILES string of the molecule is CN(C)c1ccccc1C(C)(C)NC(=O)c1ccccc1. The Balaban J connectivity index is 2.29. The van der Waals surface area contributed by atoms with Crippen LogP contribution in [0.4, 0.5) is 5.69 Å². The molecule has 2 aromatic rings. The third kappa shape index (κ3) is 3.43. The van der Waals surface area contributed by atoms with Gasteiger partial charge in [-0.1, -0.05) is 36.4 Å². The minimum Gasteiger partial charge on any atom is -0.377 e. The van der Waals surface area contributed by atoms with E-state index in [0.29, 0.717) is 5.56 Å². The van der Waals surface area contributed by atoms with E-state index in [-0.39, 0.29) is 5.91 Å². The zero-order valence-corrected chi connectivity index (χ0v) is 13.1. The molecule has 2 aromatic carbocycles. The van der Waals surface area contributed by atoms with Gasteiger partial charge in [0.25, 0.3) is 5.91 Å². The summed E-state index contributed by atoms with van der Waals surface area (Å²) in [7, 11) is 4.02. The molecule has 0 saturated carbocycles. The van der Waals surface area contributed by atoms with Gasteiger partial charge in [0.15, 0.2) is 0 Å². The summed E-state index contributed by atoms with van der Waals surface area (Å²) in [5.41, 5.74) is 2.43. The quantitative estimate of drug-likeness (QED) is 0.932. The molecule has 2 rings (SSSR count). The lowest BCUT2D eigenvalue weighted by Gasteiger charge is -2.31. The van der Waals surface area contributed by atoms with E-state index in [2.05, 4.69) is 22.3 Å². The van der Waals surface area contributed by atoms with Crippen LogP contribution in [0.25, 0.3) is 0 Å². The number of carbonyl (C=O) groups is 1. The molecular formula is C18H22N2O. The standard InChI is InChI=1S/C18H22N2O/c1-18(2,15-12-8-9-13-16(15)20(3)4)19-17(21)14-10-6-5-7-11-14/h5-13H,1-4H3,(H,19,21). The molecule has 0 aromatic heterocycles. The number of carbonyl (C=O) groups excluding carboxylic acids is 1. The maximum absolute atomic E-state index is 12.4. The molecule has 0 unspecified atom stereocenters. The van der Waals surface area contributed by atoms with Gasteiger partial charge in [-0.3, -0.25) is 4.79 Å². The summed E-state index contributed by atoms with van der Waals surface area (Å²) in [5.74, 6) is -0.0610. The van der Waals surface area contributed by atoms with Crippen molar-refractivity contribution >= 4 is 11.6 Å². The Morgan fingerprint density at radius 3 is 2.14 bits per heavy atom. The minimum atomic E-state index is -0.451. The highest BCUT2D eigenvalue weighted by Crippen LogP contribution is 2.29. The lowest BCUT2D eigenvalue weighted by atomic mass is 9.91. The Labute approximate surface area is 126 Å². The molecule has 0 bridgehead atoms. The Bertz CT molecular complexity index is 618. The van der Waals surface area contributed by atoms with Crippen molar-refractivity contribution < 1.29 is 4.79 Å². The van der Waals surface area contributed by atoms with E-state index >= 15 is 0 Å². The Morgan fingerprint density at radius 2 is 1.52 bits per heavy atom. The highest BCUT2D eigenvalue weighted by molar-refractivity contribution is 5.94. The summed E-state index contributed by atoms with van der Waals surface area (Å²) < 4.78 is 0. The number of benzene rings is 2. The number of para-hydroxylation sites is 1. The van der Waals surface area contributed by atoms with Crippen molar-refractivity contribution in [2.45, 2.75) is 19.4 Å². The van der Waals surface area contributed by atoms with Gasteiger partial charge in [0.1, 0.15) is 0 Å². The summed E-state index contributed by atoms with van der Waals surface area (Å²) in [6.45, 7) is 4.05. The first kappa shape index (κ1) is 15.1. The van der Waals surface area contributed by atoms with E-state index in [4.69, 9.17) is 0 Å². The normalized spacial score (nSPS) is 11.0. The molecule has 0 aliphatic rings. The van der Waals surface area contributed by atoms with Crippen molar-refractivity contribution in [2.75, 3.05) is 19.0 Å². The molecule has 110 valence electrons. The lowest BCUT2D eigenvalue weighted by molar-refractivity contribution is 0.0912. The highest BCUT2D eigenvalue weighted by atomic mass is 16.1. The third-order valence-corrected chi connectivity index (χ3v) is 3.52. The van der Waals surface area contributed by atoms with Crippen molar-refractivity contribution in [1.82, 2.24) is 5.32 Å². The van der Waals surface area contributed by atoms with Crippen molar-refractivity contribution in [3.05, 3.63) is 65.7 Å². The van der Waals surface area contributed by atoms with Crippen molar-refractivity contribution in [1.29, 1.82) is 0 Å². The zero-order valence-electron chi connectivity index (χ0n) is 13.1. The van der Waals surface area contributed by atoms with Crippen molar-refractivity contribution in [3.63, 3.8) is 0 Å². The molecule has 0 radical (unpaired) electrons. The lowest BCUT2D eigenvalue weighted by Crippen LogP contribution is -2.41. The minimum absolute atomic E-state index is 0.0610. The van der Waals surface area contributed by atoms with Gasteiger partial charge in [0.05, 0.1) is 5.54 Å². The van der Waals surface area contributed by atoms with E-state index in [9.17, 15) is 4.79 Å². The first-order chi connectivity index (χ1) is 9.92.